The van der Waals surface area contributed by atoms with Gasteiger partial charge in [-0.05, 0) is 30.3 Å². The number of hydrogen-bond acceptors (Lipinski definition) is 5. The molecule has 0 aliphatic carbocycles. The van der Waals surface area contributed by atoms with Gasteiger partial charge in [0.2, 0.25) is 0 Å². The predicted octanol–water partition coefficient (Wildman–Crippen LogP) is 3.16. The topological polar surface area (TPSA) is 78.7 Å². The summed E-state index contributed by atoms with van der Waals surface area (Å²) in [4.78, 5) is 32.6. The van der Waals surface area contributed by atoms with Crippen molar-refractivity contribution in [3.63, 3.8) is 0 Å². The molecule has 0 bridgehead atoms. The van der Waals surface area contributed by atoms with Crippen LogP contribution in [0.3, 0.4) is 0 Å². The van der Waals surface area contributed by atoms with Gasteiger partial charge in [0.15, 0.2) is 5.76 Å². The van der Waals surface area contributed by atoms with Crippen molar-refractivity contribution in [2.24, 2.45) is 0 Å². The fraction of sp³-hybridized carbons (Fsp3) is 0.190. The van der Waals surface area contributed by atoms with E-state index in [1.165, 1.54) is 24.7 Å². The van der Waals surface area contributed by atoms with E-state index in [1.54, 1.807) is 46.2 Å². The molecule has 0 atom stereocenters. The fourth-order valence-electron chi connectivity index (χ4n) is 3.19. The molecule has 7 nitrogen and oxygen atoms in total. The first-order valence-corrected chi connectivity index (χ1v) is 9.20. The molecule has 148 valence electrons. The third kappa shape index (κ3) is 4.11. The van der Waals surface area contributed by atoms with Gasteiger partial charge in [-0.1, -0.05) is 12.1 Å². The van der Waals surface area contributed by atoms with Crippen LogP contribution in [0.25, 0.3) is 0 Å². The molecule has 4 rings (SSSR count). The summed E-state index contributed by atoms with van der Waals surface area (Å²) in [6, 6.07) is 11.2. The maximum absolute atomic E-state index is 13.8. The Morgan fingerprint density at radius 1 is 0.966 bits per heavy atom. The highest BCUT2D eigenvalue weighted by atomic mass is 19.1. The second-order valence-electron chi connectivity index (χ2n) is 6.63. The summed E-state index contributed by atoms with van der Waals surface area (Å²) in [5.41, 5.74) is 1.23. The minimum absolute atomic E-state index is 0.181. The van der Waals surface area contributed by atoms with Crippen LogP contribution >= 0.6 is 0 Å². The van der Waals surface area contributed by atoms with E-state index in [-0.39, 0.29) is 17.6 Å². The van der Waals surface area contributed by atoms with Gasteiger partial charge in [0, 0.05) is 32.4 Å². The van der Waals surface area contributed by atoms with Crippen LogP contribution in [0.4, 0.5) is 15.8 Å². The summed E-state index contributed by atoms with van der Waals surface area (Å²) in [5.74, 6) is -0.456. The van der Waals surface area contributed by atoms with Crippen LogP contribution in [0.1, 0.15) is 20.9 Å². The predicted molar refractivity (Wildman–Crippen MR) is 104 cm³/mol. The van der Waals surface area contributed by atoms with Gasteiger partial charge >= 0.3 is 0 Å². The molecule has 8 heteroatoms. The van der Waals surface area contributed by atoms with E-state index >= 15 is 0 Å². The molecule has 0 saturated carbocycles. The fourth-order valence-corrected chi connectivity index (χ4v) is 3.19. The molecule has 29 heavy (non-hydrogen) atoms. The van der Waals surface area contributed by atoms with Crippen molar-refractivity contribution in [1.29, 1.82) is 0 Å². The Kier molecular flexibility index (Phi) is 5.24. The molecule has 3 heterocycles. The smallest absolute Gasteiger partial charge is 0.289 e. The molecule has 1 aliphatic heterocycles. The third-order valence-corrected chi connectivity index (χ3v) is 4.72. The van der Waals surface area contributed by atoms with Crippen molar-refractivity contribution >= 4 is 23.2 Å². The van der Waals surface area contributed by atoms with Crippen LogP contribution in [0, 0.1) is 5.82 Å². The van der Waals surface area contributed by atoms with E-state index in [0.717, 1.165) is 0 Å². The maximum Gasteiger partial charge on any atom is 0.289 e. The van der Waals surface area contributed by atoms with Crippen LogP contribution in [-0.4, -0.2) is 52.8 Å². The van der Waals surface area contributed by atoms with E-state index in [1.807, 2.05) is 0 Å². The highest BCUT2D eigenvalue weighted by Crippen LogP contribution is 2.20. The molecule has 1 fully saturated rings. The third-order valence-electron chi connectivity index (χ3n) is 4.72. The molecule has 2 aromatic heterocycles. The number of benzene rings is 1. The molecular weight excluding hydrogens is 375 g/mol. The van der Waals surface area contributed by atoms with Crippen LogP contribution in [0.2, 0.25) is 0 Å². The van der Waals surface area contributed by atoms with Crippen LogP contribution in [0.15, 0.2) is 65.5 Å². The molecule has 3 aromatic rings. The van der Waals surface area contributed by atoms with Gasteiger partial charge in [0.25, 0.3) is 11.8 Å². The van der Waals surface area contributed by atoms with Gasteiger partial charge in [-0.15, -0.1) is 0 Å². The summed E-state index contributed by atoms with van der Waals surface area (Å²) in [6.45, 7) is 1.67. The zero-order chi connectivity index (χ0) is 20.2. The number of nitrogens with zero attached hydrogens (tertiary/aromatic N) is 3. The number of anilines is 2. The number of rotatable bonds is 4. The SMILES string of the molecule is O=C(c1cncc(Nc2ccccc2F)c1)N1CCN(C(=O)c2ccco2)CC1. The van der Waals surface area contributed by atoms with Crippen LogP contribution < -0.4 is 5.32 Å². The van der Waals surface area contributed by atoms with Crippen LogP contribution in [-0.2, 0) is 0 Å². The van der Waals surface area contributed by atoms with Gasteiger partial charge in [-0.2, -0.15) is 0 Å². The number of aromatic nitrogens is 1. The average molecular weight is 394 g/mol. The zero-order valence-electron chi connectivity index (χ0n) is 15.5. The monoisotopic (exact) mass is 394 g/mol. The quantitative estimate of drug-likeness (QED) is 0.735. The number of amides is 2. The lowest BCUT2D eigenvalue weighted by molar-refractivity contribution is 0.0518. The molecule has 2 amide bonds. The highest BCUT2D eigenvalue weighted by molar-refractivity contribution is 5.95. The Morgan fingerprint density at radius 2 is 1.69 bits per heavy atom. The molecule has 1 aliphatic rings. The van der Waals surface area contributed by atoms with Gasteiger partial charge in [0.1, 0.15) is 5.82 Å². The van der Waals surface area contributed by atoms with E-state index < -0.39 is 0 Å². The van der Waals surface area contributed by atoms with E-state index in [0.29, 0.717) is 48.9 Å². The molecule has 1 saturated heterocycles. The lowest BCUT2D eigenvalue weighted by atomic mass is 10.2. The van der Waals surface area contributed by atoms with E-state index in [4.69, 9.17) is 4.42 Å². The summed E-state index contributed by atoms with van der Waals surface area (Å²) >= 11 is 0. The van der Waals surface area contributed by atoms with Crippen molar-refractivity contribution in [1.82, 2.24) is 14.8 Å². The average Bonchev–Trinajstić information content (AvgIpc) is 3.30. The number of piperazine rings is 1. The van der Waals surface area contributed by atoms with Gasteiger partial charge < -0.3 is 19.5 Å². The maximum atomic E-state index is 13.8. The normalized spacial score (nSPS) is 14.0. The molecule has 0 unspecified atom stereocenters. The van der Waals surface area contributed by atoms with Crippen molar-refractivity contribution < 1.29 is 18.4 Å². The van der Waals surface area contributed by atoms with E-state index in [2.05, 4.69) is 10.3 Å². The highest BCUT2D eigenvalue weighted by Gasteiger charge is 2.26. The summed E-state index contributed by atoms with van der Waals surface area (Å²) < 4.78 is 19.0. The van der Waals surface area contributed by atoms with Crippen molar-refractivity contribution in [3.8, 4) is 0 Å². The van der Waals surface area contributed by atoms with E-state index in [9.17, 15) is 14.0 Å². The first kappa shape index (κ1) is 18.7. The Morgan fingerprint density at radius 3 is 2.38 bits per heavy atom. The first-order valence-electron chi connectivity index (χ1n) is 9.20. The lowest BCUT2D eigenvalue weighted by Gasteiger charge is -2.34. The second kappa shape index (κ2) is 8.14. The Labute approximate surface area is 166 Å². The summed E-state index contributed by atoms with van der Waals surface area (Å²) in [7, 11) is 0. The van der Waals surface area contributed by atoms with Gasteiger partial charge in [-0.3, -0.25) is 14.6 Å². The Balaban J connectivity index is 1.40. The summed E-state index contributed by atoms with van der Waals surface area (Å²) in [6.07, 6.45) is 4.47. The number of pyridine rings is 1. The molecular formula is C21H19FN4O3. The molecule has 1 N–H and O–H groups in total. The van der Waals surface area contributed by atoms with Gasteiger partial charge in [0.05, 0.1) is 29.4 Å². The number of hydrogen-bond donors (Lipinski definition) is 1. The van der Waals surface area contributed by atoms with Crippen molar-refractivity contribution in [2.45, 2.75) is 0 Å². The largest absolute Gasteiger partial charge is 0.459 e. The number of nitrogens with one attached hydrogen (secondary N) is 1. The number of para-hydroxylation sites is 1. The number of halogens is 1. The standard InChI is InChI=1S/C21H19FN4O3/c22-17-4-1-2-5-18(17)24-16-12-15(13-23-14-16)20(27)25-7-9-26(10-8-25)21(28)19-6-3-11-29-19/h1-6,11-14,24H,7-10H2. The summed E-state index contributed by atoms with van der Waals surface area (Å²) in [5, 5.41) is 2.94. The number of furan rings is 1. The zero-order valence-corrected chi connectivity index (χ0v) is 15.5. The minimum atomic E-state index is -0.387. The Hall–Kier alpha value is -3.68. The lowest BCUT2D eigenvalue weighted by Crippen LogP contribution is -2.50. The minimum Gasteiger partial charge on any atom is -0.459 e. The molecule has 0 radical (unpaired) electrons. The van der Waals surface area contributed by atoms with Crippen LogP contribution in [0.5, 0.6) is 0 Å². The first-order chi connectivity index (χ1) is 14.1. The molecule has 1 aromatic carbocycles. The number of carbonyl (C=O) groups is 2. The second-order valence-corrected chi connectivity index (χ2v) is 6.63. The van der Waals surface area contributed by atoms with Crippen molar-refractivity contribution in [2.75, 3.05) is 31.5 Å². The van der Waals surface area contributed by atoms with Crippen molar-refractivity contribution in [3.05, 3.63) is 78.3 Å². The van der Waals surface area contributed by atoms with Gasteiger partial charge in [-0.25, -0.2) is 4.39 Å². The molecule has 0 spiro atoms. The number of carbonyl (C=O) groups excluding carboxylic acids is 2. The Bertz CT molecular complexity index is 1010.